The van der Waals surface area contributed by atoms with E-state index in [0.29, 0.717) is 26.3 Å². The van der Waals surface area contributed by atoms with Crippen molar-refractivity contribution in [1.29, 1.82) is 0 Å². The van der Waals surface area contributed by atoms with E-state index in [-0.39, 0.29) is 17.1 Å². The number of likely N-dealkylation sites (N-methyl/N-ethyl adjacent to an activating group) is 1. The molecule has 0 bridgehead atoms. The smallest absolute Gasteiger partial charge is 0.291 e. The Morgan fingerprint density at radius 3 is 2.69 bits per heavy atom. The Morgan fingerprint density at radius 1 is 1.10 bits per heavy atom. The highest BCUT2D eigenvalue weighted by atomic mass is 16.5. The zero-order valence-corrected chi connectivity index (χ0v) is 16.6. The molecule has 1 spiro atoms. The van der Waals surface area contributed by atoms with Crippen molar-refractivity contribution in [3.8, 4) is 0 Å². The van der Waals surface area contributed by atoms with Crippen molar-refractivity contribution in [3.63, 3.8) is 0 Å². The molecule has 2 fully saturated rings. The number of nitrogens with zero attached hydrogens (tertiary/aromatic N) is 7. The van der Waals surface area contributed by atoms with Gasteiger partial charge in [-0.15, -0.1) is 0 Å². The van der Waals surface area contributed by atoms with Crippen LogP contribution >= 0.6 is 0 Å². The number of likely N-dealkylation sites (tertiary alicyclic amines) is 1. The van der Waals surface area contributed by atoms with Gasteiger partial charge in [-0.3, -0.25) is 4.79 Å². The zero-order valence-electron chi connectivity index (χ0n) is 16.6. The van der Waals surface area contributed by atoms with E-state index in [1.165, 1.54) is 0 Å². The predicted octanol–water partition coefficient (Wildman–Crippen LogP) is 0.333. The summed E-state index contributed by atoms with van der Waals surface area (Å²) in [5.74, 6) is 0.888. The fraction of sp³-hybridized carbons (Fsp3) is 0.550. The minimum absolute atomic E-state index is 0.136. The highest BCUT2D eigenvalue weighted by molar-refractivity contribution is 5.90. The molecule has 2 aromatic rings. The first-order valence-corrected chi connectivity index (χ1v) is 10.1. The SMILES string of the molecule is CN1CCN(c2ncc3c(n2)[C@]2(CCN(C(=O)c4ncccn4)C2)COC3)CC1. The molecule has 5 rings (SSSR count). The average molecular weight is 395 g/mol. The molecule has 1 amide bonds. The highest BCUT2D eigenvalue weighted by Gasteiger charge is 2.47. The molecular formula is C20H25N7O2. The van der Waals surface area contributed by atoms with Crippen molar-refractivity contribution in [3.05, 3.63) is 41.7 Å². The molecule has 0 N–H and O–H groups in total. The normalized spacial score (nSPS) is 24.7. The van der Waals surface area contributed by atoms with Crippen LogP contribution in [-0.2, 0) is 16.8 Å². The van der Waals surface area contributed by atoms with Gasteiger partial charge in [-0.05, 0) is 19.5 Å². The molecule has 1 atom stereocenters. The fourth-order valence-electron chi connectivity index (χ4n) is 4.45. The maximum Gasteiger partial charge on any atom is 0.291 e. The molecule has 3 aliphatic heterocycles. The second-order valence-electron chi connectivity index (χ2n) is 8.16. The molecule has 152 valence electrons. The van der Waals surface area contributed by atoms with Gasteiger partial charge in [0.2, 0.25) is 11.8 Å². The van der Waals surface area contributed by atoms with E-state index < -0.39 is 0 Å². The number of ether oxygens (including phenoxy) is 1. The summed E-state index contributed by atoms with van der Waals surface area (Å²) in [5, 5.41) is 0. The van der Waals surface area contributed by atoms with Crippen molar-refractivity contribution in [2.24, 2.45) is 0 Å². The topological polar surface area (TPSA) is 87.6 Å². The molecule has 2 aromatic heterocycles. The second kappa shape index (κ2) is 7.31. The molecule has 0 aliphatic carbocycles. The number of piperazine rings is 1. The molecule has 0 unspecified atom stereocenters. The summed E-state index contributed by atoms with van der Waals surface area (Å²) in [6.45, 7) is 6.17. The van der Waals surface area contributed by atoms with Crippen LogP contribution in [0.15, 0.2) is 24.7 Å². The summed E-state index contributed by atoms with van der Waals surface area (Å²) < 4.78 is 5.90. The molecule has 0 radical (unpaired) electrons. The Labute approximate surface area is 169 Å². The van der Waals surface area contributed by atoms with E-state index in [0.717, 1.165) is 49.8 Å². The van der Waals surface area contributed by atoms with Gasteiger partial charge in [-0.25, -0.2) is 19.9 Å². The molecule has 0 aromatic carbocycles. The number of amides is 1. The van der Waals surface area contributed by atoms with Crippen molar-refractivity contribution in [2.45, 2.75) is 18.4 Å². The van der Waals surface area contributed by atoms with Gasteiger partial charge < -0.3 is 19.4 Å². The van der Waals surface area contributed by atoms with E-state index in [4.69, 9.17) is 9.72 Å². The third-order valence-electron chi connectivity index (χ3n) is 6.17. The van der Waals surface area contributed by atoms with Crippen molar-refractivity contribution in [1.82, 2.24) is 29.7 Å². The first kappa shape index (κ1) is 18.4. The van der Waals surface area contributed by atoms with Gasteiger partial charge in [0, 0.05) is 63.4 Å². The lowest BCUT2D eigenvalue weighted by atomic mass is 9.80. The van der Waals surface area contributed by atoms with Crippen LogP contribution in [0.3, 0.4) is 0 Å². The first-order valence-electron chi connectivity index (χ1n) is 10.1. The molecule has 9 heteroatoms. The van der Waals surface area contributed by atoms with Crippen molar-refractivity contribution >= 4 is 11.9 Å². The van der Waals surface area contributed by atoms with Crippen molar-refractivity contribution < 1.29 is 9.53 Å². The summed E-state index contributed by atoms with van der Waals surface area (Å²) in [6.07, 6.45) is 5.92. The summed E-state index contributed by atoms with van der Waals surface area (Å²) in [6, 6.07) is 1.71. The molecule has 29 heavy (non-hydrogen) atoms. The Morgan fingerprint density at radius 2 is 1.90 bits per heavy atom. The van der Waals surface area contributed by atoms with Gasteiger partial charge >= 0.3 is 0 Å². The molecule has 0 saturated carbocycles. The summed E-state index contributed by atoms with van der Waals surface area (Å²) in [4.78, 5) is 37.1. The predicted molar refractivity (Wildman–Crippen MR) is 106 cm³/mol. The van der Waals surface area contributed by atoms with Gasteiger partial charge in [0.25, 0.3) is 5.91 Å². The monoisotopic (exact) mass is 395 g/mol. The summed E-state index contributed by atoms with van der Waals surface area (Å²) in [7, 11) is 2.14. The lowest BCUT2D eigenvalue weighted by molar-refractivity contribution is 0.0482. The lowest BCUT2D eigenvalue weighted by Gasteiger charge is -2.36. The number of rotatable bonds is 2. The van der Waals surface area contributed by atoms with Gasteiger partial charge in [0.1, 0.15) is 0 Å². The van der Waals surface area contributed by atoms with E-state index in [1.807, 2.05) is 11.1 Å². The molecular weight excluding hydrogens is 370 g/mol. The third-order valence-corrected chi connectivity index (χ3v) is 6.17. The number of aromatic nitrogens is 4. The van der Waals surface area contributed by atoms with Gasteiger partial charge in [-0.1, -0.05) is 0 Å². The van der Waals surface area contributed by atoms with E-state index in [1.54, 1.807) is 18.5 Å². The van der Waals surface area contributed by atoms with E-state index in [9.17, 15) is 4.79 Å². The Hall–Kier alpha value is -2.65. The van der Waals surface area contributed by atoms with Gasteiger partial charge in [0.15, 0.2) is 0 Å². The largest absolute Gasteiger partial charge is 0.376 e. The lowest BCUT2D eigenvalue weighted by Crippen LogP contribution is -2.46. The van der Waals surface area contributed by atoms with E-state index >= 15 is 0 Å². The Balaban J connectivity index is 1.41. The summed E-state index contributed by atoms with van der Waals surface area (Å²) >= 11 is 0. The molecule has 9 nitrogen and oxygen atoms in total. The number of fused-ring (bicyclic) bond motifs is 2. The highest BCUT2D eigenvalue weighted by Crippen LogP contribution is 2.39. The molecule has 5 heterocycles. The minimum atomic E-state index is -0.289. The summed E-state index contributed by atoms with van der Waals surface area (Å²) in [5.41, 5.74) is 1.78. The zero-order chi connectivity index (χ0) is 19.8. The Bertz CT molecular complexity index is 901. The van der Waals surface area contributed by atoms with E-state index in [2.05, 4.69) is 31.8 Å². The number of hydrogen-bond acceptors (Lipinski definition) is 8. The van der Waals surface area contributed by atoms with Crippen LogP contribution in [0, 0.1) is 0 Å². The molecule has 3 aliphatic rings. The number of anilines is 1. The van der Waals surface area contributed by atoms with Crippen LogP contribution in [0.1, 0.15) is 28.3 Å². The fourth-order valence-corrected chi connectivity index (χ4v) is 4.45. The van der Waals surface area contributed by atoms with Crippen LogP contribution in [0.4, 0.5) is 5.95 Å². The molecule has 2 saturated heterocycles. The number of carbonyl (C=O) groups excluding carboxylic acids is 1. The first-order chi connectivity index (χ1) is 14.1. The van der Waals surface area contributed by atoms with Gasteiger partial charge in [0.05, 0.1) is 24.3 Å². The van der Waals surface area contributed by atoms with Crippen molar-refractivity contribution in [2.75, 3.05) is 57.8 Å². The Kier molecular flexibility index (Phi) is 4.63. The van der Waals surface area contributed by atoms with Crippen LogP contribution in [0.2, 0.25) is 0 Å². The van der Waals surface area contributed by atoms with Crippen LogP contribution < -0.4 is 4.90 Å². The van der Waals surface area contributed by atoms with Gasteiger partial charge in [-0.2, -0.15) is 0 Å². The maximum absolute atomic E-state index is 12.8. The standard InChI is InChI=1S/C20H25N7O2/c1-25-7-9-26(10-8-25)19-23-11-15-12-29-14-20(16(15)24-19)3-6-27(13-20)18(28)17-21-4-2-5-22-17/h2,4-5,11H,3,6-10,12-14H2,1H3/t20-/m0/s1. The second-order valence-corrected chi connectivity index (χ2v) is 8.16. The quantitative estimate of drug-likeness (QED) is 0.719. The maximum atomic E-state index is 12.8. The van der Waals surface area contributed by atoms with Crippen LogP contribution in [-0.4, -0.2) is 88.6 Å². The van der Waals surface area contributed by atoms with Crippen LogP contribution in [0.25, 0.3) is 0 Å². The minimum Gasteiger partial charge on any atom is -0.376 e. The number of hydrogen-bond donors (Lipinski definition) is 0. The number of carbonyl (C=O) groups is 1. The average Bonchev–Trinajstić information content (AvgIpc) is 3.19. The third kappa shape index (κ3) is 3.34. The van der Waals surface area contributed by atoms with Crippen LogP contribution in [0.5, 0.6) is 0 Å².